The molecule has 0 aliphatic rings. The van der Waals surface area contributed by atoms with Crippen LogP contribution in [0.25, 0.3) is 0 Å². The number of carbonyl (C=O) groups is 2. The zero-order chi connectivity index (χ0) is 16.1. The molecule has 0 aliphatic carbocycles. The van der Waals surface area contributed by atoms with Gasteiger partial charge in [0.25, 0.3) is 5.91 Å². The van der Waals surface area contributed by atoms with Gasteiger partial charge >= 0.3 is 5.97 Å². The van der Waals surface area contributed by atoms with Crippen molar-refractivity contribution in [2.75, 3.05) is 19.5 Å². The van der Waals surface area contributed by atoms with Crippen LogP contribution in [0.1, 0.15) is 20.7 Å². The van der Waals surface area contributed by atoms with E-state index in [2.05, 4.69) is 10.1 Å². The first kappa shape index (κ1) is 15.9. The number of amides is 1. The number of hydrogen-bond donors (Lipinski definition) is 1. The molecule has 0 saturated heterocycles. The number of rotatable bonds is 4. The molecule has 0 spiro atoms. The number of hydrogen-bond acceptors (Lipinski definition) is 4. The van der Waals surface area contributed by atoms with E-state index < -0.39 is 5.97 Å². The van der Waals surface area contributed by atoms with E-state index in [0.717, 1.165) is 0 Å². The van der Waals surface area contributed by atoms with Crippen LogP contribution in [-0.2, 0) is 4.74 Å². The van der Waals surface area contributed by atoms with E-state index in [9.17, 15) is 9.59 Å². The maximum atomic E-state index is 12.1. The molecule has 2 aromatic carbocycles. The smallest absolute Gasteiger partial charge is 0.339 e. The molecule has 1 amide bonds. The summed E-state index contributed by atoms with van der Waals surface area (Å²) in [5.41, 5.74) is 1.11. The molecule has 114 valence electrons. The second kappa shape index (κ2) is 6.95. The van der Waals surface area contributed by atoms with E-state index in [0.29, 0.717) is 17.0 Å². The quantitative estimate of drug-likeness (QED) is 0.877. The number of halogens is 1. The Morgan fingerprint density at radius 2 is 1.73 bits per heavy atom. The lowest BCUT2D eigenvalue weighted by molar-refractivity contribution is 0.0600. The largest absolute Gasteiger partial charge is 0.497 e. The van der Waals surface area contributed by atoms with Crippen LogP contribution in [0.5, 0.6) is 5.75 Å². The second-order valence-electron chi connectivity index (χ2n) is 4.37. The van der Waals surface area contributed by atoms with Crippen molar-refractivity contribution in [3.63, 3.8) is 0 Å². The van der Waals surface area contributed by atoms with Gasteiger partial charge in [0.05, 0.1) is 24.8 Å². The molecule has 0 radical (unpaired) electrons. The number of methoxy groups -OCH3 is 2. The third kappa shape index (κ3) is 3.56. The topological polar surface area (TPSA) is 64.6 Å². The SMILES string of the molecule is COC(=O)c1cc(NC(=O)c2ccc(OC)cc2)ccc1Cl. The number of ether oxygens (including phenoxy) is 2. The minimum Gasteiger partial charge on any atom is -0.497 e. The van der Waals surface area contributed by atoms with Crippen molar-refractivity contribution in [1.82, 2.24) is 0 Å². The fourth-order valence-corrected chi connectivity index (χ4v) is 2.01. The summed E-state index contributed by atoms with van der Waals surface area (Å²) in [6.07, 6.45) is 0. The van der Waals surface area contributed by atoms with Crippen molar-refractivity contribution in [2.45, 2.75) is 0 Å². The molecular formula is C16H14ClNO4. The van der Waals surface area contributed by atoms with Gasteiger partial charge in [0.1, 0.15) is 5.75 Å². The zero-order valence-electron chi connectivity index (χ0n) is 12.1. The molecule has 0 saturated carbocycles. The number of benzene rings is 2. The van der Waals surface area contributed by atoms with E-state index in [1.165, 1.54) is 19.2 Å². The normalized spacial score (nSPS) is 9.95. The van der Waals surface area contributed by atoms with Gasteiger partial charge in [0.15, 0.2) is 0 Å². The molecule has 0 unspecified atom stereocenters. The molecule has 0 bridgehead atoms. The van der Waals surface area contributed by atoms with Gasteiger partial charge in [-0.1, -0.05) is 11.6 Å². The van der Waals surface area contributed by atoms with E-state index in [-0.39, 0.29) is 16.5 Å². The van der Waals surface area contributed by atoms with Gasteiger partial charge < -0.3 is 14.8 Å². The van der Waals surface area contributed by atoms with Gasteiger partial charge in [-0.2, -0.15) is 0 Å². The predicted molar refractivity (Wildman–Crippen MR) is 83.7 cm³/mol. The van der Waals surface area contributed by atoms with Crippen LogP contribution in [-0.4, -0.2) is 26.1 Å². The summed E-state index contributed by atoms with van der Waals surface area (Å²) >= 11 is 5.93. The predicted octanol–water partition coefficient (Wildman–Crippen LogP) is 3.39. The molecule has 0 heterocycles. The van der Waals surface area contributed by atoms with Gasteiger partial charge in [0.2, 0.25) is 0 Å². The molecule has 5 nitrogen and oxygen atoms in total. The fourth-order valence-electron chi connectivity index (χ4n) is 1.82. The third-order valence-electron chi connectivity index (χ3n) is 2.98. The lowest BCUT2D eigenvalue weighted by Gasteiger charge is -2.08. The van der Waals surface area contributed by atoms with Gasteiger partial charge in [-0.25, -0.2) is 4.79 Å². The summed E-state index contributed by atoms with van der Waals surface area (Å²) in [5, 5.41) is 2.95. The van der Waals surface area contributed by atoms with E-state index in [4.69, 9.17) is 16.3 Å². The Balaban J connectivity index is 2.19. The number of nitrogens with one attached hydrogen (secondary N) is 1. The maximum Gasteiger partial charge on any atom is 0.339 e. The Kier molecular flexibility index (Phi) is 5.01. The Morgan fingerprint density at radius 1 is 1.05 bits per heavy atom. The third-order valence-corrected chi connectivity index (χ3v) is 3.31. The van der Waals surface area contributed by atoms with Gasteiger partial charge in [0, 0.05) is 11.3 Å². The van der Waals surface area contributed by atoms with Crippen LogP contribution in [0.3, 0.4) is 0 Å². The average Bonchev–Trinajstić information content (AvgIpc) is 2.55. The van der Waals surface area contributed by atoms with Crippen LogP contribution in [0.2, 0.25) is 5.02 Å². The van der Waals surface area contributed by atoms with Crippen LogP contribution >= 0.6 is 11.6 Å². The van der Waals surface area contributed by atoms with Gasteiger partial charge in [-0.3, -0.25) is 4.79 Å². The molecule has 1 N–H and O–H groups in total. The molecule has 0 aliphatic heterocycles. The highest BCUT2D eigenvalue weighted by Crippen LogP contribution is 2.22. The Morgan fingerprint density at radius 3 is 2.32 bits per heavy atom. The number of carbonyl (C=O) groups excluding carboxylic acids is 2. The van der Waals surface area contributed by atoms with Crippen molar-refractivity contribution in [3.05, 3.63) is 58.6 Å². The zero-order valence-corrected chi connectivity index (χ0v) is 12.8. The summed E-state index contributed by atoms with van der Waals surface area (Å²) in [4.78, 5) is 23.7. The highest BCUT2D eigenvalue weighted by Gasteiger charge is 2.13. The molecule has 2 rings (SSSR count). The number of esters is 1. The summed E-state index contributed by atoms with van der Waals surface area (Å²) in [6.45, 7) is 0. The molecule has 0 atom stereocenters. The molecule has 0 fully saturated rings. The van der Waals surface area contributed by atoms with Crippen molar-refractivity contribution in [2.24, 2.45) is 0 Å². The summed E-state index contributed by atoms with van der Waals surface area (Å²) in [7, 11) is 2.82. The first-order valence-corrected chi connectivity index (χ1v) is 6.76. The summed E-state index contributed by atoms with van der Waals surface area (Å²) < 4.78 is 9.67. The van der Waals surface area contributed by atoms with Crippen molar-refractivity contribution in [1.29, 1.82) is 0 Å². The average molecular weight is 320 g/mol. The maximum absolute atomic E-state index is 12.1. The van der Waals surface area contributed by atoms with Crippen LogP contribution in [0.15, 0.2) is 42.5 Å². The van der Waals surface area contributed by atoms with Crippen LogP contribution in [0, 0.1) is 0 Å². The summed E-state index contributed by atoms with van der Waals surface area (Å²) in [6, 6.07) is 11.3. The first-order chi connectivity index (χ1) is 10.5. The number of anilines is 1. The van der Waals surface area contributed by atoms with E-state index in [1.807, 2.05) is 0 Å². The standard InChI is InChI=1S/C16H14ClNO4/c1-21-12-6-3-10(4-7-12)15(19)18-11-5-8-14(17)13(9-11)16(20)22-2/h3-9H,1-2H3,(H,18,19). The molecule has 22 heavy (non-hydrogen) atoms. The molecular weight excluding hydrogens is 306 g/mol. The highest BCUT2D eigenvalue weighted by atomic mass is 35.5. The highest BCUT2D eigenvalue weighted by molar-refractivity contribution is 6.33. The Labute approximate surface area is 132 Å². The van der Waals surface area contributed by atoms with Crippen molar-refractivity contribution in [3.8, 4) is 5.75 Å². The van der Waals surface area contributed by atoms with Crippen LogP contribution in [0.4, 0.5) is 5.69 Å². The van der Waals surface area contributed by atoms with Crippen molar-refractivity contribution < 1.29 is 19.1 Å². The fraction of sp³-hybridized carbons (Fsp3) is 0.125. The summed E-state index contributed by atoms with van der Waals surface area (Å²) in [5.74, 6) is -0.206. The Bertz CT molecular complexity index is 698. The lowest BCUT2D eigenvalue weighted by atomic mass is 10.1. The molecule has 2 aromatic rings. The van der Waals surface area contributed by atoms with Crippen molar-refractivity contribution >= 4 is 29.2 Å². The Hall–Kier alpha value is -2.53. The van der Waals surface area contributed by atoms with E-state index >= 15 is 0 Å². The minimum absolute atomic E-state index is 0.191. The first-order valence-electron chi connectivity index (χ1n) is 6.38. The van der Waals surface area contributed by atoms with E-state index in [1.54, 1.807) is 37.4 Å². The monoisotopic (exact) mass is 319 g/mol. The minimum atomic E-state index is -0.564. The van der Waals surface area contributed by atoms with Crippen LogP contribution < -0.4 is 10.1 Å². The van der Waals surface area contributed by atoms with Gasteiger partial charge in [-0.05, 0) is 42.5 Å². The lowest BCUT2D eigenvalue weighted by Crippen LogP contribution is -2.12. The molecule has 0 aromatic heterocycles. The van der Waals surface area contributed by atoms with Gasteiger partial charge in [-0.15, -0.1) is 0 Å². The molecule has 6 heteroatoms. The second-order valence-corrected chi connectivity index (χ2v) is 4.78.